The van der Waals surface area contributed by atoms with Gasteiger partial charge in [0.1, 0.15) is 11.8 Å². The van der Waals surface area contributed by atoms with Crippen LogP contribution in [0.3, 0.4) is 0 Å². The largest absolute Gasteiger partial charge is 0.474 e. The molecule has 0 spiro atoms. The molecule has 0 amide bonds. The zero-order valence-electron chi connectivity index (χ0n) is 10.0. The lowest BCUT2D eigenvalue weighted by atomic mass is 10.1. The average Bonchev–Trinajstić information content (AvgIpc) is 2.73. The Kier molecular flexibility index (Phi) is 2.73. The number of nitrogens with zero attached hydrogens (tertiary/aromatic N) is 2. The minimum Gasteiger partial charge on any atom is -0.474 e. The van der Waals surface area contributed by atoms with Crippen LogP contribution in [0.25, 0.3) is 5.65 Å². The first-order valence-corrected chi connectivity index (χ1v) is 6.14. The van der Waals surface area contributed by atoms with Gasteiger partial charge >= 0.3 is 0 Å². The second-order valence-corrected chi connectivity index (χ2v) is 4.60. The van der Waals surface area contributed by atoms with Gasteiger partial charge in [0.25, 0.3) is 0 Å². The van der Waals surface area contributed by atoms with Crippen molar-refractivity contribution in [1.29, 1.82) is 0 Å². The average molecular weight is 231 g/mol. The minimum absolute atomic E-state index is 0.316. The van der Waals surface area contributed by atoms with Crippen LogP contribution in [0.15, 0.2) is 24.5 Å². The van der Waals surface area contributed by atoms with E-state index in [9.17, 15) is 0 Å². The summed E-state index contributed by atoms with van der Waals surface area (Å²) in [6, 6.07) is 4.08. The molecule has 3 rings (SSSR count). The molecule has 17 heavy (non-hydrogen) atoms. The van der Waals surface area contributed by atoms with Crippen LogP contribution in [0.2, 0.25) is 0 Å². The molecule has 3 heterocycles. The molecule has 0 aromatic carbocycles. The van der Waals surface area contributed by atoms with E-state index in [0.29, 0.717) is 6.10 Å². The summed E-state index contributed by atoms with van der Waals surface area (Å²) in [6.45, 7) is 4.16. The number of nitrogens with one attached hydrogen (secondary N) is 1. The molecule has 1 saturated heterocycles. The maximum Gasteiger partial charge on any atom is 0.218 e. The quantitative estimate of drug-likeness (QED) is 0.856. The number of imidazole rings is 1. The molecule has 1 N–H and O–H groups in total. The van der Waals surface area contributed by atoms with Crippen molar-refractivity contribution in [3.63, 3.8) is 0 Å². The van der Waals surface area contributed by atoms with Crippen LogP contribution in [0.1, 0.15) is 18.4 Å². The summed E-state index contributed by atoms with van der Waals surface area (Å²) in [4.78, 5) is 4.35. The number of aromatic nitrogens is 2. The van der Waals surface area contributed by atoms with Gasteiger partial charge in [-0.25, -0.2) is 4.98 Å². The number of hydrogen-bond acceptors (Lipinski definition) is 3. The Morgan fingerprint density at radius 2 is 2.18 bits per heavy atom. The summed E-state index contributed by atoms with van der Waals surface area (Å²) < 4.78 is 8.05. The maximum absolute atomic E-state index is 6.02. The fourth-order valence-electron chi connectivity index (χ4n) is 2.24. The summed E-state index contributed by atoms with van der Waals surface area (Å²) in [5, 5.41) is 3.34. The summed E-state index contributed by atoms with van der Waals surface area (Å²) in [5.41, 5.74) is 2.16. The molecule has 0 bridgehead atoms. The van der Waals surface area contributed by atoms with Gasteiger partial charge in [-0.05, 0) is 44.5 Å². The first kappa shape index (κ1) is 10.6. The van der Waals surface area contributed by atoms with Crippen LogP contribution in [0.5, 0.6) is 5.88 Å². The molecule has 2 aromatic heterocycles. The van der Waals surface area contributed by atoms with Gasteiger partial charge in [0.2, 0.25) is 5.88 Å². The Labute approximate surface area is 101 Å². The predicted molar refractivity (Wildman–Crippen MR) is 66.4 cm³/mol. The molecule has 0 aliphatic carbocycles. The summed E-state index contributed by atoms with van der Waals surface area (Å²) in [5.74, 6) is 0.857. The van der Waals surface area contributed by atoms with Gasteiger partial charge in [-0.3, -0.25) is 4.40 Å². The number of pyridine rings is 1. The number of rotatable bonds is 2. The fourth-order valence-corrected chi connectivity index (χ4v) is 2.24. The van der Waals surface area contributed by atoms with Crippen LogP contribution in [0.4, 0.5) is 0 Å². The molecule has 0 saturated carbocycles. The van der Waals surface area contributed by atoms with E-state index in [0.717, 1.165) is 37.5 Å². The van der Waals surface area contributed by atoms with Gasteiger partial charge in [0.15, 0.2) is 0 Å². The van der Waals surface area contributed by atoms with E-state index in [1.807, 2.05) is 16.7 Å². The highest BCUT2D eigenvalue weighted by Gasteiger charge is 2.16. The topological polar surface area (TPSA) is 38.6 Å². The summed E-state index contributed by atoms with van der Waals surface area (Å²) in [6.07, 6.45) is 6.34. The molecule has 0 atom stereocenters. The van der Waals surface area contributed by atoms with E-state index >= 15 is 0 Å². The van der Waals surface area contributed by atoms with E-state index in [1.165, 1.54) is 5.56 Å². The third-order valence-corrected chi connectivity index (χ3v) is 3.19. The number of ether oxygens (including phenoxy) is 1. The number of aryl methyl sites for hydroxylation is 1. The monoisotopic (exact) mass is 231 g/mol. The van der Waals surface area contributed by atoms with Crippen LogP contribution >= 0.6 is 0 Å². The molecule has 0 radical (unpaired) electrons. The van der Waals surface area contributed by atoms with Crippen LogP contribution in [-0.2, 0) is 0 Å². The maximum atomic E-state index is 6.02. The Bertz CT molecular complexity index is 514. The zero-order chi connectivity index (χ0) is 11.7. The van der Waals surface area contributed by atoms with Crippen molar-refractivity contribution in [2.45, 2.75) is 25.9 Å². The minimum atomic E-state index is 0.316. The molecule has 1 aliphatic rings. The second-order valence-electron chi connectivity index (χ2n) is 4.60. The molecule has 2 aromatic rings. The van der Waals surface area contributed by atoms with Crippen molar-refractivity contribution in [2.24, 2.45) is 0 Å². The molecular formula is C13H17N3O. The lowest BCUT2D eigenvalue weighted by Crippen LogP contribution is -2.34. The Balaban J connectivity index is 1.86. The highest BCUT2D eigenvalue weighted by molar-refractivity contribution is 5.43. The van der Waals surface area contributed by atoms with Crippen molar-refractivity contribution in [2.75, 3.05) is 13.1 Å². The highest BCUT2D eigenvalue weighted by Crippen LogP contribution is 2.19. The Morgan fingerprint density at radius 3 is 3.00 bits per heavy atom. The SMILES string of the molecule is Cc1ccc2ncc(OC3CCNCC3)n2c1. The zero-order valence-corrected chi connectivity index (χ0v) is 10.0. The van der Waals surface area contributed by atoms with Crippen molar-refractivity contribution in [3.05, 3.63) is 30.1 Å². The second kappa shape index (κ2) is 4.37. The van der Waals surface area contributed by atoms with Gasteiger partial charge in [-0.2, -0.15) is 0 Å². The normalized spacial score (nSPS) is 17.5. The lowest BCUT2D eigenvalue weighted by Gasteiger charge is -2.23. The van der Waals surface area contributed by atoms with Crippen LogP contribution < -0.4 is 10.1 Å². The van der Waals surface area contributed by atoms with Gasteiger partial charge < -0.3 is 10.1 Å². The van der Waals surface area contributed by atoms with E-state index in [2.05, 4.69) is 29.5 Å². The smallest absolute Gasteiger partial charge is 0.218 e. The van der Waals surface area contributed by atoms with E-state index in [1.54, 1.807) is 0 Å². The lowest BCUT2D eigenvalue weighted by molar-refractivity contribution is 0.154. The predicted octanol–water partition coefficient (Wildman–Crippen LogP) is 1.77. The summed E-state index contributed by atoms with van der Waals surface area (Å²) in [7, 11) is 0. The van der Waals surface area contributed by atoms with Crippen molar-refractivity contribution >= 4 is 5.65 Å². The van der Waals surface area contributed by atoms with Gasteiger partial charge in [-0.1, -0.05) is 6.07 Å². The molecule has 4 heteroatoms. The molecule has 4 nitrogen and oxygen atoms in total. The van der Waals surface area contributed by atoms with Gasteiger partial charge in [0.05, 0.1) is 6.20 Å². The fraction of sp³-hybridized carbons (Fsp3) is 0.462. The first-order chi connectivity index (χ1) is 8.33. The summed E-state index contributed by atoms with van der Waals surface area (Å²) >= 11 is 0. The van der Waals surface area contributed by atoms with Crippen molar-refractivity contribution < 1.29 is 4.74 Å². The molecular weight excluding hydrogens is 214 g/mol. The number of hydrogen-bond donors (Lipinski definition) is 1. The molecule has 0 unspecified atom stereocenters. The molecule has 1 fully saturated rings. The van der Waals surface area contributed by atoms with Gasteiger partial charge in [0, 0.05) is 6.20 Å². The molecule has 90 valence electrons. The number of piperidine rings is 1. The number of fused-ring (bicyclic) bond motifs is 1. The van der Waals surface area contributed by atoms with Crippen molar-refractivity contribution in [1.82, 2.24) is 14.7 Å². The highest BCUT2D eigenvalue weighted by atomic mass is 16.5. The Morgan fingerprint density at radius 1 is 1.35 bits per heavy atom. The molecule has 1 aliphatic heterocycles. The van der Waals surface area contributed by atoms with E-state index in [4.69, 9.17) is 4.74 Å². The Hall–Kier alpha value is -1.55. The first-order valence-electron chi connectivity index (χ1n) is 6.14. The standard InChI is InChI=1S/C13H17N3O/c1-10-2-3-12-15-8-13(16(12)9-10)17-11-4-6-14-7-5-11/h2-3,8-9,11,14H,4-7H2,1H3. The van der Waals surface area contributed by atoms with Crippen LogP contribution in [0, 0.1) is 6.92 Å². The third-order valence-electron chi connectivity index (χ3n) is 3.19. The van der Waals surface area contributed by atoms with E-state index < -0.39 is 0 Å². The third kappa shape index (κ3) is 2.13. The van der Waals surface area contributed by atoms with E-state index in [-0.39, 0.29) is 0 Å². The van der Waals surface area contributed by atoms with Crippen molar-refractivity contribution in [3.8, 4) is 5.88 Å². The van der Waals surface area contributed by atoms with Gasteiger partial charge in [-0.15, -0.1) is 0 Å². The van der Waals surface area contributed by atoms with Crippen LogP contribution in [-0.4, -0.2) is 28.6 Å².